The second-order valence-corrected chi connectivity index (χ2v) is 3.69. The Balaban J connectivity index is 2.58. The third-order valence-corrected chi connectivity index (χ3v) is 2.28. The van der Waals surface area contributed by atoms with Crippen LogP contribution in [0.2, 0.25) is 0 Å². The molecule has 1 N–H and O–H groups in total. The number of azo groups is 2. The molecule has 112 valence electrons. The van der Waals surface area contributed by atoms with E-state index in [4.69, 9.17) is 5.11 Å². The van der Waals surface area contributed by atoms with Gasteiger partial charge >= 0.3 is 18.3 Å². The van der Waals surface area contributed by atoms with E-state index in [0.717, 1.165) is 0 Å². The predicted octanol–water partition coefficient (Wildman–Crippen LogP) is 3.48. The number of carboxylic acids is 1. The minimum Gasteiger partial charge on any atom is -0.478 e. The maximum absolute atomic E-state index is 12.6. The second kappa shape index (κ2) is 4.49. The number of nitrogens with zero attached hydrogens (tertiary/aromatic N) is 4. The van der Waals surface area contributed by atoms with Crippen molar-refractivity contribution in [3.05, 3.63) is 34.4 Å². The van der Waals surface area contributed by atoms with Crippen LogP contribution in [-0.4, -0.2) is 23.4 Å². The molecule has 2 aliphatic heterocycles. The van der Waals surface area contributed by atoms with Gasteiger partial charge in [0.2, 0.25) is 0 Å². The smallest absolute Gasteiger partial charge is 0.436 e. The number of allylic oxidation sites excluding steroid dienone is 3. The number of carbonyl (C=O) groups is 1. The van der Waals surface area contributed by atoms with Crippen LogP contribution in [0, 0.1) is 0 Å². The molecule has 0 fully saturated rings. The number of halogens is 6. The maximum Gasteiger partial charge on any atom is 0.436 e. The zero-order valence-corrected chi connectivity index (χ0v) is 9.49. The van der Waals surface area contributed by atoms with Crippen LogP contribution in [0.3, 0.4) is 0 Å². The first-order valence-electron chi connectivity index (χ1n) is 4.93. The predicted molar refractivity (Wildman–Crippen MR) is 51.6 cm³/mol. The van der Waals surface area contributed by atoms with E-state index >= 15 is 0 Å². The second-order valence-electron chi connectivity index (χ2n) is 3.69. The van der Waals surface area contributed by atoms with Crippen molar-refractivity contribution < 1.29 is 36.2 Å². The Bertz CT molecular complexity index is 665. The lowest BCUT2D eigenvalue weighted by Crippen LogP contribution is -2.15. The van der Waals surface area contributed by atoms with Crippen LogP contribution in [0.25, 0.3) is 0 Å². The van der Waals surface area contributed by atoms with Crippen molar-refractivity contribution in [3.63, 3.8) is 0 Å². The van der Waals surface area contributed by atoms with Gasteiger partial charge in [-0.05, 0) is 0 Å². The fourth-order valence-electron chi connectivity index (χ4n) is 1.44. The van der Waals surface area contributed by atoms with Crippen molar-refractivity contribution in [1.82, 2.24) is 0 Å². The molecule has 0 aromatic heterocycles. The molecule has 0 bridgehead atoms. The first-order valence-corrected chi connectivity index (χ1v) is 4.93. The Morgan fingerprint density at radius 3 is 2.00 bits per heavy atom. The van der Waals surface area contributed by atoms with Gasteiger partial charge in [-0.15, -0.1) is 20.5 Å². The first kappa shape index (κ1) is 14.9. The van der Waals surface area contributed by atoms with E-state index in [-0.39, 0.29) is 6.08 Å². The highest BCUT2D eigenvalue weighted by Gasteiger charge is 2.44. The highest BCUT2D eigenvalue weighted by molar-refractivity contribution is 5.94. The van der Waals surface area contributed by atoms with Crippen LogP contribution in [0.1, 0.15) is 0 Å². The Morgan fingerprint density at radius 1 is 0.952 bits per heavy atom. The summed E-state index contributed by atoms with van der Waals surface area (Å²) in [5, 5.41) is 20.1. The molecule has 0 radical (unpaired) electrons. The van der Waals surface area contributed by atoms with Crippen molar-refractivity contribution in [2.45, 2.75) is 12.4 Å². The first-order chi connectivity index (χ1) is 9.51. The molecule has 0 aromatic rings. The summed E-state index contributed by atoms with van der Waals surface area (Å²) < 4.78 is 74.7. The van der Waals surface area contributed by atoms with Gasteiger partial charge in [0.1, 0.15) is 17.0 Å². The van der Waals surface area contributed by atoms with Crippen LogP contribution >= 0.6 is 0 Å². The van der Waals surface area contributed by atoms with E-state index in [1.165, 1.54) is 0 Å². The van der Waals surface area contributed by atoms with Crippen molar-refractivity contribution in [2.24, 2.45) is 20.5 Å². The van der Waals surface area contributed by atoms with Gasteiger partial charge in [-0.2, -0.15) is 26.3 Å². The molecule has 6 nitrogen and oxygen atoms in total. The van der Waals surface area contributed by atoms with E-state index in [0.29, 0.717) is 0 Å². The number of aliphatic carboxylic acids is 1. The van der Waals surface area contributed by atoms with Crippen LogP contribution in [0.4, 0.5) is 26.3 Å². The van der Waals surface area contributed by atoms with E-state index < -0.39 is 46.7 Å². The van der Waals surface area contributed by atoms with Gasteiger partial charge in [-0.3, -0.25) is 0 Å². The van der Waals surface area contributed by atoms with Gasteiger partial charge in [0.05, 0.1) is 0 Å². The monoisotopic (exact) mass is 312 g/mol. The lowest BCUT2D eigenvalue weighted by Gasteiger charge is -2.04. The van der Waals surface area contributed by atoms with Gasteiger partial charge in [0, 0.05) is 6.08 Å². The number of alkyl halides is 6. The molecule has 0 atom stereocenters. The van der Waals surface area contributed by atoms with Crippen LogP contribution in [0.15, 0.2) is 54.9 Å². The summed E-state index contributed by atoms with van der Waals surface area (Å²) in [6.45, 7) is 0. The molecule has 0 unspecified atom stereocenters. The van der Waals surface area contributed by atoms with Gasteiger partial charge < -0.3 is 5.11 Å². The standard InChI is InChI=1S/C9H2F6N4O2/c10-8(11,12)3-1-2(16-17-3)5-4(7(20)21)6(19-18-5)9(13,14)15/h1H,(H,20,21). The van der Waals surface area contributed by atoms with Gasteiger partial charge in [-0.1, -0.05) is 0 Å². The fourth-order valence-corrected chi connectivity index (χ4v) is 1.44. The average molecular weight is 312 g/mol. The molecule has 0 saturated carbocycles. The topological polar surface area (TPSA) is 86.7 Å². The van der Waals surface area contributed by atoms with E-state index in [1.807, 2.05) is 0 Å². The minimum atomic E-state index is -5.12. The van der Waals surface area contributed by atoms with Crippen molar-refractivity contribution in [2.75, 3.05) is 0 Å². The third kappa shape index (κ3) is 2.68. The summed E-state index contributed by atoms with van der Waals surface area (Å²) >= 11 is 0. The molecule has 0 saturated heterocycles. The third-order valence-electron chi connectivity index (χ3n) is 2.28. The lowest BCUT2D eigenvalue weighted by atomic mass is 10.1. The molecule has 0 aliphatic carbocycles. The number of hydrogen-bond donors (Lipinski definition) is 1. The molecule has 2 aliphatic rings. The van der Waals surface area contributed by atoms with Crippen molar-refractivity contribution in [3.8, 4) is 0 Å². The summed E-state index contributed by atoms with van der Waals surface area (Å²) in [5.41, 5.74) is -6.37. The largest absolute Gasteiger partial charge is 0.478 e. The van der Waals surface area contributed by atoms with Gasteiger partial charge in [-0.25, -0.2) is 4.79 Å². The van der Waals surface area contributed by atoms with E-state index in [1.54, 1.807) is 0 Å². The van der Waals surface area contributed by atoms with Crippen LogP contribution in [-0.2, 0) is 4.79 Å². The molecule has 2 rings (SSSR count). The van der Waals surface area contributed by atoms with E-state index in [2.05, 4.69) is 20.5 Å². The molecule has 0 spiro atoms. The highest BCUT2D eigenvalue weighted by Crippen LogP contribution is 2.41. The summed E-state index contributed by atoms with van der Waals surface area (Å²) in [7, 11) is 0. The SMILES string of the molecule is O=C(O)C1=C(C(F)(F)F)N=NC1=C1C=C(C(F)(F)F)N=N1. The molecular formula is C9H2F6N4O2. The Morgan fingerprint density at radius 2 is 1.57 bits per heavy atom. The fraction of sp³-hybridized carbons (Fsp3) is 0.222. The summed E-state index contributed by atoms with van der Waals surface area (Å²) in [5.74, 6) is -2.04. The molecule has 2 heterocycles. The van der Waals surface area contributed by atoms with Crippen LogP contribution in [0.5, 0.6) is 0 Å². The highest BCUT2D eigenvalue weighted by atomic mass is 19.4. The average Bonchev–Trinajstić information content (AvgIpc) is 2.93. The normalized spacial score (nSPS) is 22.3. The lowest BCUT2D eigenvalue weighted by molar-refractivity contribution is -0.133. The Kier molecular flexibility index (Phi) is 3.18. The zero-order valence-electron chi connectivity index (χ0n) is 9.49. The molecule has 0 amide bonds. The maximum atomic E-state index is 12.6. The Labute approximate surface area is 110 Å². The molecular weight excluding hydrogens is 310 g/mol. The minimum absolute atomic E-state index is 0.288. The van der Waals surface area contributed by atoms with Gasteiger partial charge in [0.25, 0.3) is 0 Å². The van der Waals surface area contributed by atoms with Crippen molar-refractivity contribution in [1.29, 1.82) is 0 Å². The number of rotatable bonds is 1. The summed E-state index contributed by atoms with van der Waals surface area (Å²) in [4.78, 5) is 10.9. The summed E-state index contributed by atoms with van der Waals surface area (Å²) in [6.07, 6.45) is -9.70. The quantitative estimate of drug-likeness (QED) is 0.751. The Hall–Kier alpha value is -2.53. The van der Waals surface area contributed by atoms with Crippen LogP contribution < -0.4 is 0 Å². The number of carboxylic acid groups (broad SMARTS) is 1. The summed E-state index contributed by atoms with van der Waals surface area (Å²) in [6, 6.07) is 0. The zero-order chi connectivity index (χ0) is 16.0. The molecule has 0 aromatic carbocycles. The van der Waals surface area contributed by atoms with Gasteiger partial charge in [0.15, 0.2) is 11.4 Å². The number of hydrogen-bond acceptors (Lipinski definition) is 5. The van der Waals surface area contributed by atoms with E-state index in [9.17, 15) is 31.1 Å². The molecule has 21 heavy (non-hydrogen) atoms. The van der Waals surface area contributed by atoms with Crippen molar-refractivity contribution >= 4 is 5.97 Å². The molecule has 12 heteroatoms.